The van der Waals surface area contributed by atoms with Crippen LogP contribution in [0.5, 0.6) is 0 Å². The molecule has 0 aliphatic carbocycles. The first-order valence-corrected chi connectivity index (χ1v) is 7.11. The van der Waals surface area contributed by atoms with Crippen molar-refractivity contribution < 1.29 is 14.6 Å². The number of methoxy groups -OCH3 is 1. The lowest BCUT2D eigenvalue weighted by molar-refractivity contribution is -0.131. The minimum atomic E-state index is -0.918. The molecule has 0 saturated heterocycles. The van der Waals surface area contributed by atoms with Gasteiger partial charge in [-0.05, 0) is 31.7 Å². The third kappa shape index (κ3) is 5.55. The highest BCUT2D eigenvalue weighted by atomic mass is 32.1. The lowest BCUT2D eigenvalue weighted by Gasteiger charge is -2.26. The van der Waals surface area contributed by atoms with Crippen molar-refractivity contribution in [2.24, 2.45) is 0 Å². The summed E-state index contributed by atoms with van der Waals surface area (Å²) in [7, 11) is 1.71. The van der Waals surface area contributed by atoms with Crippen molar-refractivity contribution in [2.45, 2.75) is 26.4 Å². The molecule has 0 aromatic carbocycles. The fraction of sp³-hybridized carbons (Fsp3) is 0.500. The highest BCUT2D eigenvalue weighted by molar-refractivity contribution is 7.12. The normalized spacial score (nSPS) is 13.3. The molecule has 1 aromatic rings. The van der Waals surface area contributed by atoms with Gasteiger partial charge in [0.25, 0.3) is 0 Å². The summed E-state index contributed by atoms with van der Waals surface area (Å²) in [5.41, 5.74) is 0. The van der Waals surface area contributed by atoms with Crippen molar-refractivity contribution in [1.29, 1.82) is 0 Å². The van der Waals surface area contributed by atoms with Crippen LogP contribution in [0.15, 0.2) is 18.2 Å². The van der Waals surface area contributed by atoms with Crippen LogP contribution in [0.3, 0.4) is 0 Å². The molecule has 0 bridgehead atoms. The van der Waals surface area contributed by atoms with E-state index in [-0.39, 0.29) is 0 Å². The van der Waals surface area contributed by atoms with Gasteiger partial charge in [0.05, 0.1) is 6.61 Å². The topological polar surface area (TPSA) is 49.8 Å². The molecule has 5 heteroatoms. The van der Waals surface area contributed by atoms with E-state index in [0.29, 0.717) is 12.6 Å². The number of hydrogen-bond donors (Lipinski definition) is 1. The Balaban J connectivity index is 2.63. The van der Waals surface area contributed by atoms with Gasteiger partial charge in [-0.3, -0.25) is 4.90 Å². The van der Waals surface area contributed by atoms with Crippen LogP contribution in [-0.4, -0.2) is 42.3 Å². The standard InChI is InChI=1S/C14H21NO3S/c1-4-15(11(2)10-18-3)9-13-6-5-12(19-13)7-8-14(16)17/h5-8,11H,4,9-10H2,1-3H3,(H,16,17). The first kappa shape index (κ1) is 15.9. The van der Waals surface area contributed by atoms with Crippen molar-refractivity contribution in [3.8, 4) is 0 Å². The summed E-state index contributed by atoms with van der Waals surface area (Å²) >= 11 is 1.62. The Hall–Kier alpha value is -1.17. The Labute approximate surface area is 118 Å². The van der Waals surface area contributed by atoms with Gasteiger partial charge in [0.1, 0.15) is 0 Å². The van der Waals surface area contributed by atoms with Gasteiger partial charge in [0.2, 0.25) is 0 Å². The molecule has 106 valence electrons. The van der Waals surface area contributed by atoms with Crippen LogP contribution in [0, 0.1) is 0 Å². The molecule has 1 aromatic heterocycles. The fourth-order valence-corrected chi connectivity index (χ4v) is 2.79. The van der Waals surface area contributed by atoms with Crippen LogP contribution in [0.25, 0.3) is 6.08 Å². The number of thiophene rings is 1. The van der Waals surface area contributed by atoms with E-state index in [2.05, 4.69) is 18.7 Å². The first-order valence-electron chi connectivity index (χ1n) is 6.29. The lowest BCUT2D eigenvalue weighted by Crippen LogP contribution is -2.35. The van der Waals surface area contributed by atoms with E-state index < -0.39 is 5.97 Å². The van der Waals surface area contributed by atoms with Gasteiger partial charge in [-0.2, -0.15) is 0 Å². The Morgan fingerprint density at radius 2 is 2.32 bits per heavy atom. The zero-order chi connectivity index (χ0) is 14.3. The molecule has 0 radical (unpaired) electrons. The maximum absolute atomic E-state index is 10.5. The maximum Gasteiger partial charge on any atom is 0.328 e. The van der Waals surface area contributed by atoms with Crippen molar-refractivity contribution in [3.05, 3.63) is 28.0 Å². The number of likely N-dealkylation sites (N-methyl/N-ethyl adjacent to an activating group) is 1. The number of hydrogen-bond acceptors (Lipinski definition) is 4. The van der Waals surface area contributed by atoms with Gasteiger partial charge >= 0.3 is 5.97 Å². The maximum atomic E-state index is 10.5. The summed E-state index contributed by atoms with van der Waals surface area (Å²) in [6.45, 7) is 6.82. The predicted octanol–water partition coefficient (Wildman–Crippen LogP) is 2.70. The van der Waals surface area contributed by atoms with Crippen molar-refractivity contribution in [2.75, 3.05) is 20.3 Å². The first-order chi connectivity index (χ1) is 9.06. The number of nitrogens with zero attached hydrogens (tertiary/aromatic N) is 1. The van der Waals surface area contributed by atoms with Gasteiger partial charge < -0.3 is 9.84 Å². The van der Waals surface area contributed by atoms with E-state index in [1.807, 2.05) is 12.1 Å². The van der Waals surface area contributed by atoms with Gasteiger partial charge in [-0.15, -0.1) is 11.3 Å². The van der Waals surface area contributed by atoms with E-state index in [0.717, 1.165) is 18.0 Å². The summed E-state index contributed by atoms with van der Waals surface area (Å²) in [5, 5.41) is 8.59. The SMILES string of the molecule is CCN(Cc1ccc(C=CC(=O)O)s1)C(C)COC. The lowest BCUT2D eigenvalue weighted by atomic mass is 10.3. The van der Waals surface area contributed by atoms with E-state index in [1.165, 1.54) is 11.0 Å². The molecule has 0 amide bonds. The molecule has 1 unspecified atom stereocenters. The van der Waals surface area contributed by atoms with E-state index in [9.17, 15) is 4.79 Å². The minimum Gasteiger partial charge on any atom is -0.478 e. The van der Waals surface area contributed by atoms with E-state index in [4.69, 9.17) is 9.84 Å². The molecule has 4 nitrogen and oxygen atoms in total. The molecule has 0 saturated carbocycles. The molecular formula is C14H21NO3S. The van der Waals surface area contributed by atoms with Crippen molar-refractivity contribution >= 4 is 23.4 Å². The van der Waals surface area contributed by atoms with E-state index in [1.54, 1.807) is 24.5 Å². The van der Waals surface area contributed by atoms with Gasteiger partial charge in [0, 0.05) is 35.5 Å². The van der Waals surface area contributed by atoms with Crippen molar-refractivity contribution in [1.82, 2.24) is 4.90 Å². The minimum absolute atomic E-state index is 0.370. The number of aliphatic carboxylic acids is 1. The quantitative estimate of drug-likeness (QED) is 0.745. The summed E-state index contributed by atoms with van der Waals surface area (Å²) < 4.78 is 5.18. The molecule has 1 heterocycles. The molecule has 0 aliphatic heterocycles. The summed E-state index contributed by atoms with van der Waals surface area (Å²) in [5.74, 6) is -0.918. The molecule has 1 rings (SSSR count). The smallest absolute Gasteiger partial charge is 0.328 e. The Morgan fingerprint density at radius 1 is 1.58 bits per heavy atom. The average molecular weight is 283 g/mol. The molecular weight excluding hydrogens is 262 g/mol. The summed E-state index contributed by atoms with van der Waals surface area (Å²) in [6, 6.07) is 4.37. The van der Waals surface area contributed by atoms with Crippen molar-refractivity contribution in [3.63, 3.8) is 0 Å². The molecule has 1 atom stereocenters. The number of carboxylic acid groups (broad SMARTS) is 1. The summed E-state index contributed by atoms with van der Waals surface area (Å²) in [6.07, 6.45) is 2.80. The summed E-state index contributed by atoms with van der Waals surface area (Å²) in [4.78, 5) is 15.0. The second kappa shape index (κ2) is 8.09. The Kier molecular flexibility index (Phi) is 6.77. The Morgan fingerprint density at radius 3 is 2.89 bits per heavy atom. The predicted molar refractivity (Wildman–Crippen MR) is 78.4 cm³/mol. The molecule has 0 spiro atoms. The number of ether oxygens (including phenoxy) is 1. The third-order valence-corrected chi connectivity index (χ3v) is 3.90. The zero-order valence-electron chi connectivity index (χ0n) is 11.6. The van der Waals surface area contributed by atoms with Gasteiger partial charge in [0.15, 0.2) is 0 Å². The highest BCUT2D eigenvalue weighted by Crippen LogP contribution is 2.20. The molecule has 19 heavy (non-hydrogen) atoms. The zero-order valence-corrected chi connectivity index (χ0v) is 12.4. The highest BCUT2D eigenvalue weighted by Gasteiger charge is 2.13. The molecule has 0 aliphatic rings. The molecule has 0 fully saturated rings. The second-order valence-corrected chi connectivity index (χ2v) is 5.54. The second-order valence-electron chi connectivity index (χ2n) is 4.34. The fourth-order valence-electron chi connectivity index (χ4n) is 1.85. The number of carboxylic acids is 1. The Bertz CT molecular complexity index is 428. The van der Waals surface area contributed by atoms with E-state index >= 15 is 0 Å². The monoisotopic (exact) mass is 283 g/mol. The van der Waals surface area contributed by atoms with Crippen LogP contribution in [0.1, 0.15) is 23.6 Å². The largest absolute Gasteiger partial charge is 0.478 e. The molecule has 1 N–H and O–H groups in total. The average Bonchev–Trinajstić information content (AvgIpc) is 2.81. The van der Waals surface area contributed by atoms with Crippen LogP contribution < -0.4 is 0 Å². The van der Waals surface area contributed by atoms with Gasteiger partial charge in [-0.1, -0.05) is 6.92 Å². The van der Waals surface area contributed by atoms with Crippen LogP contribution in [0.4, 0.5) is 0 Å². The number of carbonyl (C=O) groups is 1. The van der Waals surface area contributed by atoms with Crippen LogP contribution >= 0.6 is 11.3 Å². The third-order valence-electron chi connectivity index (χ3n) is 2.87. The van der Waals surface area contributed by atoms with Crippen LogP contribution in [0.2, 0.25) is 0 Å². The van der Waals surface area contributed by atoms with Gasteiger partial charge in [-0.25, -0.2) is 4.79 Å². The number of rotatable bonds is 8. The van der Waals surface area contributed by atoms with Crippen LogP contribution in [-0.2, 0) is 16.1 Å².